The standard InChI is InChI=1S/C15H23N3O2.HI/c1-18(12-7-8-12)15(16)17-9-4-10-20-14-6-3-5-13(11-14)19-2;/h3,5-6,11-12H,4,7-10H2,1-2H3,(H2,16,17);1H. The first-order chi connectivity index (χ1) is 9.70. The van der Waals surface area contributed by atoms with Crippen LogP contribution in [0.1, 0.15) is 19.3 Å². The predicted molar refractivity (Wildman–Crippen MR) is 95.8 cm³/mol. The minimum absolute atomic E-state index is 0. The minimum atomic E-state index is 0. The van der Waals surface area contributed by atoms with E-state index < -0.39 is 0 Å². The van der Waals surface area contributed by atoms with Crippen molar-refractivity contribution in [3.63, 3.8) is 0 Å². The number of rotatable bonds is 7. The molecule has 1 aliphatic carbocycles. The third-order valence-electron chi connectivity index (χ3n) is 3.34. The number of nitrogens with two attached hydrogens (primary N) is 1. The Morgan fingerprint density at radius 1 is 1.38 bits per heavy atom. The lowest BCUT2D eigenvalue weighted by atomic mass is 10.3. The maximum Gasteiger partial charge on any atom is 0.191 e. The van der Waals surface area contributed by atoms with E-state index in [1.165, 1.54) is 12.8 Å². The molecule has 1 aromatic carbocycles. The van der Waals surface area contributed by atoms with E-state index in [1.807, 2.05) is 31.3 Å². The highest BCUT2D eigenvalue weighted by Crippen LogP contribution is 2.24. The van der Waals surface area contributed by atoms with Crippen molar-refractivity contribution in [1.29, 1.82) is 0 Å². The third-order valence-corrected chi connectivity index (χ3v) is 3.34. The second kappa shape index (κ2) is 8.96. The number of methoxy groups -OCH3 is 1. The molecule has 0 radical (unpaired) electrons. The molecule has 0 unspecified atom stereocenters. The number of hydrogen-bond donors (Lipinski definition) is 1. The van der Waals surface area contributed by atoms with E-state index in [2.05, 4.69) is 9.89 Å². The van der Waals surface area contributed by atoms with Gasteiger partial charge in [0.05, 0.1) is 13.7 Å². The Labute approximate surface area is 143 Å². The molecule has 0 atom stereocenters. The molecule has 6 heteroatoms. The number of hydrogen-bond acceptors (Lipinski definition) is 3. The van der Waals surface area contributed by atoms with Crippen molar-refractivity contribution < 1.29 is 9.47 Å². The Morgan fingerprint density at radius 2 is 2.10 bits per heavy atom. The fourth-order valence-corrected chi connectivity index (χ4v) is 1.90. The van der Waals surface area contributed by atoms with Gasteiger partial charge in [0.1, 0.15) is 11.5 Å². The molecule has 1 aromatic rings. The summed E-state index contributed by atoms with van der Waals surface area (Å²) in [7, 11) is 3.65. The molecule has 0 heterocycles. The summed E-state index contributed by atoms with van der Waals surface area (Å²) in [5, 5.41) is 0. The highest BCUT2D eigenvalue weighted by molar-refractivity contribution is 14.0. The Hall–Kier alpha value is -1.18. The topological polar surface area (TPSA) is 60.1 Å². The van der Waals surface area contributed by atoms with Gasteiger partial charge in [0.2, 0.25) is 0 Å². The van der Waals surface area contributed by atoms with Crippen molar-refractivity contribution in [2.24, 2.45) is 10.7 Å². The van der Waals surface area contributed by atoms with E-state index in [4.69, 9.17) is 15.2 Å². The molecule has 1 fully saturated rings. The van der Waals surface area contributed by atoms with Gasteiger partial charge in [-0.1, -0.05) is 6.07 Å². The highest BCUT2D eigenvalue weighted by Gasteiger charge is 2.27. The molecule has 0 amide bonds. The summed E-state index contributed by atoms with van der Waals surface area (Å²) in [5.74, 6) is 2.25. The average molecular weight is 405 g/mol. The van der Waals surface area contributed by atoms with Gasteiger partial charge in [0, 0.05) is 32.1 Å². The first-order valence-corrected chi connectivity index (χ1v) is 7.00. The summed E-state index contributed by atoms with van der Waals surface area (Å²) >= 11 is 0. The fraction of sp³-hybridized carbons (Fsp3) is 0.533. The van der Waals surface area contributed by atoms with Crippen LogP contribution < -0.4 is 15.2 Å². The number of ether oxygens (including phenoxy) is 2. The van der Waals surface area contributed by atoms with Crippen LogP contribution in [0.3, 0.4) is 0 Å². The van der Waals surface area contributed by atoms with Crippen LogP contribution in [0.25, 0.3) is 0 Å². The first-order valence-electron chi connectivity index (χ1n) is 7.00. The van der Waals surface area contributed by atoms with E-state index in [-0.39, 0.29) is 24.0 Å². The minimum Gasteiger partial charge on any atom is -0.497 e. The van der Waals surface area contributed by atoms with Gasteiger partial charge in [0.15, 0.2) is 5.96 Å². The van der Waals surface area contributed by atoms with E-state index in [1.54, 1.807) is 7.11 Å². The summed E-state index contributed by atoms with van der Waals surface area (Å²) in [6.07, 6.45) is 3.30. The number of aliphatic imine (C=N–C) groups is 1. The molecule has 5 nitrogen and oxygen atoms in total. The van der Waals surface area contributed by atoms with Crippen molar-refractivity contribution in [2.45, 2.75) is 25.3 Å². The molecule has 0 aromatic heterocycles. The molecular weight excluding hydrogens is 381 g/mol. The van der Waals surface area contributed by atoms with Crippen molar-refractivity contribution in [1.82, 2.24) is 4.90 Å². The molecule has 2 N–H and O–H groups in total. The lowest BCUT2D eigenvalue weighted by molar-refractivity contribution is 0.310. The maximum absolute atomic E-state index is 5.91. The lowest BCUT2D eigenvalue weighted by Gasteiger charge is -2.16. The van der Waals surface area contributed by atoms with Crippen LogP contribution in [-0.4, -0.2) is 44.2 Å². The van der Waals surface area contributed by atoms with Gasteiger partial charge in [-0.25, -0.2) is 0 Å². The molecule has 1 saturated carbocycles. The number of benzene rings is 1. The van der Waals surface area contributed by atoms with Crippen LogP contribution in [0.5, 0.6) is 11.5 Å². The molecule has 0 spiro atoms. The number of nitrogens with zero attached hydrogens (tertiary/aromatic N) is 2. The number of guanidine groups is 1. The Kier molecular flexibility index (Phi) is 7.63. The van der Waals surface area contributed by atoms with Crippen LogP contribution >= 0.6 is 24.0 Å². The second-order valence-electron chi connectivity index (χ2n) is 4.96. The second-order valence-corrected chi connectivity index (χ2v) is 4.96. The first kappa shape index (κ1) is 17.9. The van der Waals surface area contributed by atoms with Crippen LogP contribution in [0.15, 0.2) is 29.3 Å². The van der Waals surface area contributed by atoms with Gasteiger partial charge >= 0.3 is 0 Å². The van der Waals surface area contributed by atoms with Gasteiger partial charge in [-0.3, -0.25) is 4.99 Å². The molecule has 0 saturated heterocycles. The fourth-order valence-electron chi connectivity index (χ4n) is 1.90. The molecule has 0 bridgehead atoms. The zero-order chi connectivity index (χ0) is 14.4. The van der Waals surface area contributed by atoms with Gasteiger partial charge < -0.3 is 20.1 Å². The SMILES string of the molecule is COc1cccc(OCCCN=C(N)N(C)C2CC2)c1.I. The van der Waals surface area contributed by atoms with Crippen LogP contribution in [0.2, 0.25) is 0 Å². The highest BCUT2D eigenvalue weighted by atomic mass is 127. The largest absolute Gasteiger partial charge is 0.497 e. The maximum atomic E-state index is 5.91. The van der Waals surface area contributed by atoms with Crippen LogP contribution in [0, 0.1) is 0 Å². The molecule has 1 aliphatic rings. The van der Waals surface area contributed by atoms with Crippen molar-refractivity contribution in [3.8, 4) is 11.5 Å². The Balaban J connectivity index is 0.00000220. The molecule has 21 heavy (non-hydrogen) atoms. The van der Waals surface area contributed by atoms with E-state index >= 15 is 0 Å². The van der Waals surface area contributed by atoms with E-state index in [9.17, 15) is 0 Å². The third kappa shape index (κ3) is 5.99. The van der Waals surface area contributed by atoms with Gasteiger partial charge in [-0.2, -0.15) is 0 Å². The summed E-state index contributed by atoms with van der Waals surface area (Å²) in [6, 6.07) is 8.20. The zero-order valence-corrected chi connectivity index (χ0v) is 14.9. The summed E-state index contributed by atoms with van der Waals surface area (Å²) in [6.45, 7) is 1.31. The smallest absolute Gasteiger partial charge is 0.191 e. The monoisotopic (exact) mass is 405 g/mol. The molecule has 0 aliphatic heterocycles. The predicted octanol–water partition coefficient (Wildman–Crippen LogP) is 2.49. The van der Waals surface area contributed by atoms with Gasteiger partial charge in [0.25, 0.3) is 0 Å². The van der Waals surface area contributed by atoms with Crippen molar-refractivity contribution in [3.05, 3.63) is 24.3 Å². The normalized spacial score (nSPS) is 14.3. The number of halogens is 1. The lowest BCUT2D eigenvalue weighted by Crippen LogP contribution is -2.35. The summed E-state index contributed by atoms with van der Waals surface area (Å²) < 4.78 is 10.8. The molecule has 2 rings (SSSR count). The average Bonchev–Trinajstić information content (AvgIpc) is 3.30. The van der Waals surface area contributed by atoms with Crippen LogP contribution in [0.4, 0.5) is 0 Å². The van der Waals surface area contributed by atoms with E-state index in [0.717, 1.165) is 17.9 Å². The zero-order valence-electron chi connectivity index (χ0n) is 12.6. The quantitative estimate of drug-likeness (QED) is 0.328. The van der Waals surface area contributed by atoms with Gasteiger partial charge in [-0.15, -0.1) is 24.0 Å². The van der Waals surface area contributed by atoms with Crippen molar-refractivity contribution >= 4 is 29.9 Å². The van der Waals surface area contributed by atoms with Crippen molar-refractivity contribution in [2.75, 3.05) is 27.3 Å². The molecule has 118 valence electrons. The summed E-state index contributed by atoms with van der Waals surface area (Å²) in [5.41, 5.74) is 5.91. The van der Waals surface area contributed by atoms with Gasteiger partial charge in [-0.05, 0) is 25.0 Å². The Morgan fingerprint density at radius 3 is 2.76 bits per heavy atom. The van der Waals surface area contributed by atoms with Crippen LogP contribution in [-0.2, 0) is 0 Å². The Bertz CT molecular complexity index is 464. The molecular formula is C15H24IN3O2. The summed E-state index contributed by atoms with van der Waals surface area (Å²) in [4.78, 5) is 6.42. The van der Waals surface area contributed by atoms with E-state index in [0.29, 0.717) is 25.2 Å².